The van der Waals surface area contributed by atoms with E-state index in [0.29, 0.717) is 6.04 Å². The monoisotopic (exact) mass is 248 g/mol. The first-order valence-electron chi connectivity index (χ1n) is 7.06. The summed E-state index contributed by atoms with van der Waals surface area (Å²) >= 11 is 0. The number of hydrogen-bond donors (Lipinski definition) is 1. The van der Waals surface area contributed by atoms with Gasteiger partial charge in [-0.25, -0.2) is 4.39 Å². The second-order valence-electron chi connectivity index (χ2n) is 5.59. The van der Waals surface area contributed by atoms with Crippen molar-refractivity contribution in [1.29, 1.82) is 0 Å². The maximum absolute atomic E-state index is 13.8. The Balaban J connectivity index is 1.60. The normalized spacial score (nSPS) is 24.3. The van der Waals surface area contributed by atoms with Gasteiger partial charge in [0, 0.05) is 19.1 Å². The number of para-hydroxylation sites is 1. The Kier molecular flexibility index (Phi) is 3.50. The predicted molar refractivity (Wildman–Crippen MR) is 72.4 cm³/mol. The zero-order chi connectivity index (χ0) is 12.4. The average Bonchev–Trinajstić information content (AvgIpc) is 3.21. The highest BCUT2D eigenvalue weighted by atomic mass is 19.1. The fourth-order valence-electron chi connectivity index (χ4n) is 2.73. The maximum atomic E-state index is 13.8. The standard InChI is InChI=1S/C15H21FN2/c16-14-5-1-2-6-15(14)18-9-3-4-13(11-18)17-10-12-7-8-12/h1-2,5-6,12-13,17H,3-4,7-11H2. The van der Waals surface area contributed by atoms with Crippen molar-refractivity contribution >= 4 is 5.69 Å². The Bertz CT molecular complexity index is 403. The zero-order valence-electron chi connectivity index (χ0n) is 10.7. The molecule has 1 heterocycles. The molecule has 1 atom stereocenters. The van der Waals surface area contributed by atoms with Crippen LogP contribution in [0.15, 0.2) is 24.3 Å². The van der Waals surface area contributed by atoms with Gasteiger partial charge in [-0.15, -0.1) is 0 Å². The molecule has 18 heavy (non-hydrogen) atoms. The molecule has 3 rings (SSSR count). The second kappa shape index (κ2) is 5.27. The molecule has 0 spiro atoms. The van der Waals surface area contributed by atoms with Crippen molar-refractivity contribution in [3.05, 3.63) is 30.1 Å². The van der Waals surface area contributed by atoms with E-state index in [1.165, 1.54) is 19.3 Å². The number of hydrogen-bond acceptors (Lipinski definition) is 2. The summed E-state index contributed by atoms with van der Waals surface area (Å²) in [4.78, 5) is 2.18. The van der Waals surface area contributed by atoms with Crippen LogP contribution in [0.3, 0.4) is 0 Å². The molecular weight excluding hydrogens is 227 g/mol. The van der Waals surface area contributed by atoms with Gasteiger partial charge in [0.25, 0.3) is 0 Å². The van der Waals surface area contributed by atoms with Crippen LogP contribution in [0.2, 0.25) is 0 Å². The molecule has 1 aliphatic heterocycles. The molecule has 1 saturated heterocycles. The number of anilines is 1. The lowest BCUT2D eigenvalue weighted by Gasteiger charge is -2.35. The van der Waals surface area contributed by atoms with Gasteiger partial charge in [0.15, 0.2) is 0 Å². The van der Waals surface area contributed by atoms with E-state index in [9.17, 15) is 4.39 Å². The van der Waals surface area contributed by atoms with Crippen LogP contribution in [-0.4, -0.2) is 25.7 Å². The highest BCUT2D eigenvalue weighted by Crippen LogP contribution is 2.28. The predicted octanol–water partition coefficient (Wildman–Crippen LogP) is 2.79. The minimum absolute atomic E-state index is 0.0969. The van der Waals surface area contributed by atoms with Crippen molar-refractivity contribution < 1.29 is 4.39 Å². The molecule has 2 aliphatic rings. The van der Waals surface area contributed by atoms with Crippen molar-refractivity contribution in [2.24, 2.45) is 5.92 Å². The molecule has 0 aromatic heterocycles. The molecule has 1 aliphatic carbocycles. The van der Waals surface area contributed by atoms with Crippen LogP contribution < -0.4 is 10.2 Å². The summed E-state index contributed by atoms with van der Waals surface area (Å²) in [5, 5.41) is 3.64. The first-order chi connectivity index (χ1) is 8.83. The lowest BCUT2D eigenvalue weighted by Crippen LogP contribution is -2.46. The highest BCUT2D eigenvalue weighted by Gasteiger charge is 2.25. The number of benzene rings is 1. The SMILES string of the molecule is Fc1ccccc1N1CCCC(NCC2CC2)C1. The van der Waals surface area contributed by atoms with Gasteiger partial charge in [-0.2, -0.15) is 0 Å². The third-order valence-corrected chi connectivity index (χ3v) is 4.01. The lowest BCUT2D eigenvalue weighted by molar-refractivity contribution is 0.413. The lowest BCUT2D eigenvalue weighted by atomic mass is 10.0. The molecule has 1 N–H and O–H groups in total. The van der Waals surface area contributed by atoms with Gasteiger partial charge >= 0.3 is 0 Å². The van der Waals surface area contributed by atoms with Gasteiger partial charge in [-0.3, -0.25) is 0 Å². The molecular formula is C15H21FN2. The quantitative estimate of drug-likeness (QED) is 0.881. The van der Waals surface area contributed by atoms with Gasteiger partial charge in [0.1, 0.15) is 5.82 Å². The number of nitrogens with one attached hydrogen (secondary N) is 1. The third kappa shape index (κ3) is 2.83. The molecule has 0 amide bonds. The van der Waals surface area contributed by atoms with Gasteiger partial charge in [0.05, 0.1) is 5.69 Å². The third-order valence-electron chi connectivity index (χ3n) is 4.01. The van der Waals surface area contributed by atoms with Crippen molar-refractivity contribution in [2.75, 3.05) is 24.5 Å². The van der Waals surface area contributed by atoms with Crippen LogP contribution in [0.1, 0.15) is 25.7 Å². The number of nitrogens with zero attached hydrogens (tertiary/aromatic N) is 1. The van der Waals surface area contributed by atoms with Gasteiger partial charge in [-0.1, -0.05) is 12.1 Å². The van der Waals surface area contributed by atoms with Gasteiger partial charge in [-0.05, 0) is 50.3 Å². The Morgan fingerprint density at radius 1 is 1.22 bits per heavy atom. The van der Waals surface area contributed by atoms with Crippen molar-refractivity contribution in [3.8, 4) is 0 Å². The second-order valence-corrected chi connectivity index (χ2v) is 5.59. The van der Waals surface area contributed by atoms with E-state index in [-0.39, 0.29) is 5.82 Å². The van der Waals surface area contributed by atoms with E-state index in [1.54, 1.807) is 12.1 Å². The Morgan fingerprint density at radius 3 is 2.83 bits per heavy atom. The summed E-state index contributed by atoms with van der Waals surface area (Å²) in [6.45, 7) is 3.06. The van der Waals surface area contributed by atoms with Crippen molar-refractivity contribution in [2.45, 2.75) is 31.7 Å². The van der Waals surface area contributed by atoms with E-state index < -0.39 is 0 Å². The maximum Gasteiger partial charge on any atom is 0.146 e. The molecule has 2 nitrogen and oxygen atoms in total. The molecule has 1 aromatic carbocycles. The van der Waals surface area contributed by atoms with Crippen LogP contribution in [0.4, 0.5) is 10.1 Å². The summed E-state index contributed by atoms with van der Waals surface area (Å²) in [6, 6.07) is 7.64. The van der Waals surface area contributed by atoms with E-state index in [2.05, 4.69) is 10.2 Å². The highest BCUT2D eigenvalue weighted by molar-refractivity contribution is 5.48. The molecule has 0 bridgehead atoms. The largest absolute Gasteiger partial charge is 0.368 e. The van der Waals surface area contributed by atoms with Gasteiger partial charge < -0.3 is 10.2 Å². The molecule has 1 saturated carbocycles. The Morgan fingerprint density at radius 2 is 2.06 bits per heavy atom. The van der Waals surface area contributed by atoms with Crippen molar-refractivity contribution in [3.63, 3.8) is 0 Å². The topological polar surface area (TPSA) is 15.3 Å². The van der Waals surface area contributed by atoms with Crippen LogP contribution in [0, 0.1) is 11.7 Å². The summed E-state index contributed by atoms with van der Waals surface area (Å²) in [5.74, 6) is 0.814. The fourth-order valence-corrected chi connectivity index (χ4v) is 2.73. The molecule has 98 valence electrons. The smallest absolute Gasteiger partial charge is 0.146 e. The summed E-state index contributed by atoms with van der Waals surface area (Å²) < 4.78 is 13.8. The molecule has 2 fully saturated rings. The van der Waals surface area contributed by atoms with E-state index in [4.69, 9.17) is 0 Å². The molecule has 0 radical (unpaired) electrons. The van der Waals surface area contributed by atoms with E-state index in [1.807, 2.05) is 12.1 Å². The molecule has 1 unspecified atom stereocenters. The van der Waals surface area contributed by atoms with Crippen LogP contribution in [0.5, 0.6) is 0 Å². The van der Waals surface area contributed by atoms with E-state index in [0.717, 1.165) is 37.7 Å². The van der Waals surface area contributed by atoms with Crippen LogP contribution in [-0.2, 0) is 0 Å². The summed E-state index contributed by atoms with van der Waals surface area (Å²) in [6.07, 6.45) is 5.14. The summed E-state index contributed by atoms with van der Waals surface area (Å²) in [7, 11) is 0. The molecule has 3 heteroatoms. The van der Waals surface area contributed by atoms with Crippen molar-refractivity contribution in [1.82, 2.24) is 5.32 Å². The first-order valence-corrected chi connectivity index (χ1v) is 7.06. The Labute approximate surface area is 108 Å². The number of piperidine rings is 1. The number of halogens is 1. The van der Waals surface area contributed by atoms with E-state index >= 15 is 0 Å². The molecule has 1 aromatic rings. The minimum atomic E-state index is -0.0969. The fraction of sp³-hybridized carbons (Fsp3) is 0.600. The Hall–Kier alpha value is -1.09. The van der Waals surface area contributed by atoms with Crippen LogP contribution in [0.25, 0.3) is 0 Å². The summed E-state index contributed by atoms with van der Waals surface area (Å²) in [5.41, 5.74) is 0.760. The minimum Gasteiger partial charge on any atom is -0.368 e. The first kappa shape index (κ1) is 12.0. The number of rotatable bonds is 4. The van der Waals surface area contributed by atoms with Gasteiger partial charge in [0.2, 0.25) is 0 Å². The zero-order valence-corrected chi connectivity index (χ0v) is 10.7. The average molecular weight is 248 g/mol. The van der Waals surface area contributed by atoms with Crippen LogP contribution >= 0.6 is 0 Å².